The van der Waals surface area contributed by atoms with E-state index in [0.29, 0.717) is 9.94 Å². The van der Waals surface area contributed by atoms with Gasteiger partial charge in [0.1, 0.15) is 0 Å². The van der Waals surface area contributed by atoms with E-state index in [1.165, 1.54) is 257 Å². The Balaban J connectivity index is 0.000000107. The molecular weight excluding hydrogens is 2100 g/mol. The largest absolute Gasteiger partial charge is 0.495 e. The van der Waals surface area contributed by atoms with E-state index in [2.05, 4.69) is 476 Å². The SMILES string of the molecule is Brc1ccc2c3c(cccc13)-c1c-2c(-c2ccccc2)c2ccccc2c1-c1ccccc1.CC1(C)OB(B2OC(C)(C)C(C)(C)O2)OC1(C)C.Cc1cc2c3c(c(C)ccc3c1)-c1ccccc1-2.Cc1cc2c3c(c(C)ccc3c1B1OC(C)(C)C(C)(C)O1)-c1ccccc1-2.Cc1cc2c3c(c(C)ccc3c1Br)-c1ccccc1-2.Cc1ccc2c(Br)c(C)ccc2c1.Cc1ccc2cc(C)ccc2c1.OB(O)c1ccccc1Br. The maximum atomic E-state index is 8.73. The van der Waals surface area contributed by atoms with E-state index in [9.17, 15) is 0 Å². The molecule has 0 spiro atoms. The van der Waals surface area contributed by atoms with Crippen molar-refractivity contribution < 1.29 is 38.0 Å². The van der Waals surface area contributed by atoms with Crippen molar-refractivity contribution >= 4 is 178 Å². The second-order valence-electron chi connectivity index (χ2n) is 44.0. The van der Waals surface area contributed by atoms with Crippen molar-refractivity contribution in [2.24, 2.45) is 0 Å². The molecule has 0 amide bonds. The monoisotopic (exact) mass is 2220 g/mol. The zero-order chi connectivity index (χ0) is 106. The lowest BCUT2D eigenvalue weighted by atomic mass is 9.49. The normalized spacial score (nSPS) is 15.2. The first-order chi connectivity index (χ1) is 71.5. The smallest absolute Gasteiger partial charge is 0.423 e. The maximum absolute atomic E-state index is 8.73. The van der Waals surface area contributed by atoms with Gasteiger partial charge in [-0.3, -0.25) is 0 Å². The molecule has 3 aliphatic heterocycles. The summed E-state index contributed by atoms with van der Waals surface area (Å²) < 4.78 is 41.0. The van der Waals surface area contributed by atoms with Crippen molar-refractivity contribution in [2.75, 3.05) is 0 Å². The molecule has 4 aliphatic carbocycles. The lowest BCUT2D eigenvalue weighted by molar-refractivity contribution is 0.00578. The summed E-state index contributed by atoms with van der Waals surface area (Å²) in [7, 11) is -2.69. The minimum Gasteiger partial charge on any atom is -0.423 e. The fourth-order valence-corrected chi connectivity index (χ4v) is 24.2. The minimum atomic E-state index is -1.39. The maximum Gasteiger partial charge on any atom is 0.495 e. The molecular formula is C134H124B4Br4O8. The number of hydrogen-bond donors (Lipinski definition) is 2. The van der Waals surface area contributed by atoms with Crippen LogP contribution in [0.2, 0.25) is 0 Å². The molecule has 3 fully saturated rings. The van der Waals surface area contributed by atoms with Crippen molar-refractivity contribution in [2.45, 2.75) is 186 Å². The van der Waals surface area contributed by atoms with Crippen LogP contribution in [0, 0.1) is 69.2 Å². The van der Waals surface area contributed by atoms with E-state index < -0.39 is 21.1 Å². The molecule has 150 heavy (non-hydrogen) atoms. The van der Waals surface area contributed by atoms with Gasteiger partial charge in [-0.25, -0.2) is 0 Å². The summed E-state index contributed by atoms with van der Waals surface area (Å²) in [5.74, 6) is 0. The molecule has 748 valence electrons. The Morgan fingerprint density at radius 3 is 1.06 bits per heavy atom. The summed E-state index contributed by atoms with van der Waals surface area (Å²) in [5.41, 5.74) is 39.7. The quantitative estimate of drug-likeness (QED) is 0.165. The molecule has 0 atom stereocenters. The highest BCUT2D eigenvalue weighted by atomic mass is 79.9. The van der Waals surface area contributed by atoms with Crippen molar-refractivity contribution in [1.82, 2.24) is 0 Å². The Bertz CT molecular complexity index is 8560. The standard InChI is InChI=1S/C32H19Br.C24H25BO2.C18H13Br.C18H14.C12H24B2O4.C12H11Br.C12H12.C6H6BBrO2/c33-27-19-18-26-30-24(27)16-9-17-25(30)31-28(20-10-3-1-4-11-20)22-14-7-8-15-23(22)29(32(26)31)21-12-5-2-6-13-21;1-14-11-12-18-21-19(16-9-7-8-10-17(16)20(14)21)13-15(2)22(18)25-26-23(3,4)24(5,6)27-25;1-10-7-8-14-17-15(9-11(2)18(14)19)12-5-3-4-6-13(12)16(10)17;1-11-9-13-8-7-12(2)17-15-6-4-3-5-14(15)16(10-11)18(13)17;1-9(2)10(3,4)16-13(15-9)14-17-11(5,6)12(7,8)18-14;1-8-3-6-11-10(7-8)5-4-9(2)12(11)13;1-9-3-5-12-8-10(2)4-6-11(12)7-9;8-6-4-2-1-3-5(6)7(9)10/h1-19H;7-13H,1-6H3;3-9H,1-2H3;3-10H,1-2H3;1-8H3;3-7H,1-2H3;3-8H,1-2H3;1-4,9-10H. The number of hydrogen-bond acceptors (Lipinski definition) is 8. The van der Waals surface area contributed by atoms with Gasteiger partial charge in [0.2, 0.25) is 0 Å². The van der Waals surface area contributed by atoms with Crippen molar-refractivity contribution in [3.8, 4) is 111 Å². The van der Waals surface area contributed by atoms with Crippen LogP contribution in [-0.4, -0.2) is 71.9 Å². The van der Waals surface area contributed by atoms with E-state index in [1.54, 1.807) is 18.2 Å². The second-order valence-corrected chi connectivity index (χ2v) is 47.3. The van der Waals surface area contributed by atoms with Crippen molar-refractivity contribution in [3.05, 3.63) is 413 Å². The van der Waals surface area contributed by atoms with Gasteiger partial charge in [0, 0.05) is 17.9 Å². The van der Waals surface area contributed by atoms with E-state index in [-0.39, 0.29) is 40.7 Å². The minimum absolute atomic E-state index is 0.341. The predicted molar refractivity (Wildman–Crippen MR) is 652 cm³/mol. The molecule has 16 heteroatoms. The number of aryl methyl sites for hydroxylation is 10. The second kappa shape index (κ2) is 41.2. The average Bonchev–Trinajstić information content (AvgIpc) is 1.53. The molecule has 0 aromatic heterocycles. The van der Waals surface area contributed by atoms with Crippen LogP contribution in [0.4, 0.5) is 0 Å². The van der Waals surface area contributed by atoms with Crippen LogP contribution in [0.3, 0.4) is 0 Å². The van der Waals surface area contributed by atoms with Crippen molar-refractivity contribution in [3.63, 3.8) is 0 Å². The molecule has 20 aromatic rings. The molecule has 3 heterocycles. The Morgan fingerprint density at radius 1 is 0.220 bits per heavy atom. The lowest BCUT2D eigenvalue weighted by Gasteiger charge is -2.32. The number of halogens is 4. The van der Waals surface area contributed by atoms with Crippen molar-refractivity contribution in [1.29, 1.82) is 0 Å². The Morgan fingerprint density at radius 2 is 0.573 bits per heavy atom. The predicted octanol–water partition coefficient (Wildman–Crippen LogP) is 36.2. The molecule has 0 saturated carbocycles. The molecule has 27 rings (SSSR count). The van der Waals surface area contributed by atoms with E-state index in [4.69, 9.17) is 38.0 Å². The van der Waals surface area contributed by atoms with Crippen LogP contribution in [0.5, 0.6) is 0 Å². The summed E-state index contributed by atoms with van der Waals surface area (Å²) in [4.78, 5) is 0. The van der Waals surface area contributed by atoms with Gasteiger partial charge in [-0.15, -0.1) is 0 Å². The molecule has 0 bridgehead atoms. The molecule has 2 N–H and O–H groups in total. The number of benzene rings is 20. The third-order valence-electron chi connectivity index (χ3n) is 32.1. The highest BCUT2D eigenvalue weighted by Crippen LogP contribution is 2.60. The first-order valence-electron chi connectivity index (χ1n) is 51.9. The van der Waals surface area contributed by atoms with Crippen LogP contribution >= 0.6 is 63.7 Å². The Kier molecular flexibility index (Phi) is 28.9. The van der Waals surface area contributed by atoms with Gasteiger partial charge < -0.3 is 38.0 Å². The Labute approximate surface area is 918 Å². The van der Waals surface area contributed by atoms with Crippen LogP contribution in [0.1, 0.15) is 139 Å². The van der Waals surface area contributed by atoms with E-state index in [1.807, 2.05) is 61.5 Å². The molecule has 8 nitrogen and oxygen atoms in total. The molecule has 0 radical (unpaired) electrons. The topological polar surface area (TPSA) is 95.8 Å². The van der Waals surface area contributed by atoms with Gasteiger partial charge in [-0.2, -0.15) is 0 Å². The summed E-state index contributed by atoms with van der Waals surface area (Å²) in [5, 5.41) is 36.0. The van der Waals surface area contributed by atoms with Crippen LogP contribution in [0.15, 0.2) is 358 Å². The summed E-state index contributed by atoms with van der Waals surface area (Å²) in [6.45, 7) is 46.3. The number of rotatable bonds is 5. The first-order valence-corrected chi connectivity index (χ1v) is 55.0. The fourth-order valence-electron chi connectivity index (χ4n) is 22.3. The molecule has 7 aliphatic rings. The fraction of sp³-hybridized carbons (Fsp3) is 0.209. The first kappa shape index (κ1) is 105. The average molecular weight is 2230 g/mol. The summed E-state index contributed by atoms with van der Waals surface area (Å²) in [6, 6.07) is 122. The van der Waals surface area contributed by atoms with Gasteiger partial charge in [0.25, 0.3) is 0 Å². The van der Waals surface area contributed by atoms with Gasteiger partial charge >= 0.3 is 28.3 Å². The molecule has 20 aromatic carbocycles. The highest BCUT2D eigenvalue weighted by Gasteiger charge is 2.64. The van der Waals surface area contributed by atoms with Gasteiger partial charge in [0.05, 0.1) is 33.6 Å². The van der Waals surface area contributed by atoms with E-state index in [0.717, 1.165) is 4.47 Å². The van der Waals surface area contributed by atoms with Crippen LogP contribution in [-0.2, 0) is 27.9 Å². The molecule has 3 saturated heterocycles. The van der Waals surface area contributed by atoms with Gasteiger partial charge in [-0.1, -0.05) is 376 Å². The van der Waals surface area contributed by atoms with Gasteiger partial charge in [-0.05, 0) is 433 Å². The Hall–Kier alpha value is -11.9. The van der Waals surface area contributed by atoms with Crippen LogP contribution in [0.25, 0.3) is 187 Å². The third-order valence-corrected chi connectivity index (χ3v) is 35.6. The highest BCUT2D eigenvalue weighted by molar-refractivity contribution is 9.11. The van der Waals surface area contributed by atoms with E-state index >= 15 is 0 Å². The molecule has 0 unspecified atom stereocenters. The zero-order valence-corrected chi connectivity index (χ0v) is 95.8. The number of fused-ring (bicyclic) bond motifs is 15. The summed E-state index contributed by atoms with van der Waals surface area (Å²) >= 11 is 14.3. The lowest BCUT2D eigenvalue weighted by Crippen LogP contribution is -2.41. The summed E-state index contributed by atoms with van der Waals surface area (Å²) in [6.07, 6.45) is 0. The van der Waals surface area contributed by atoms with Gasteiger partial charge in [0.15, 0.2) is 0 Å². The zero-order valence-electron chi connectivity index (χ0n) is 89.5. The third kappa shape index (κ3) is 19.4. The van der Waals surface area contributed by atoms with Crippen LogP contribution < -0.4 is 10.9 Å².